The van der Waals surface area contributed by atoms with Gasteiger partial charge in [-0.3, -0.25) is 4.79 Å². The Labute approximate surface area is 148 Å². The summed E-state index contributed by atoms with van der Waals surface area (Å²) in [6.45, 7) is 2.07. The second kappa shape index (κ2) is 8.97. The average Bonchev–Trinajstić information content (AvgIpc) is 2.61. The summed E-state index contributed by atoms with van der Waals surface area (Å²) < 4.78 is 42.6. The summed E-state index contributed by atoms with van der Waals surface area (Å²) in [5.74, 6) is 1.85. The predicted molar refractivity (Wildman–Crippen MR) is 92.0 cm³/mol. The third-order valence-corrected chi connectivity index (χ3v) is 6.00. The lowest BCUT2D eigenvalue weighted by molar-refractivity contribution is -0.132. The predicted octanol–water partition coefficient (Wildman–Crippen LogP) is 1.88. The van der Waals surface area contributed by atoms with Crippen LogP contribution in [0.25, 0.3) is 0 Å². The van der Waals surface area contributed by atoms with Crippen LogP contribution in [-0.2, 0) is 19.4 Å². The molecule has 1 saturated heterocycles. The summed E-state index contributed by atoms with van der Waals surface area (Å²) >= 11 is 0. The fourth-order valence-electron chi connectivity index (χ4n) is 2.77. The van der Waals surface area contributed by atoms with Gasteiger partial charge in [-0.25, -0.2) is 12.8 Å². The number of sulfone groups is 1. The van der Waals surface area contributed by atoms with Gasteiger partial charge in [-0.2, -0.15) is 0 Å². The van der Waals surface area contributed by atoms with Crippen LogP contribution in [0.5, 0.6) is 0 Å². The lowest BCUT2D eigenvalue weighted by Gasteiger charge is -2.31. The largest absolute Gasteiger partial charge is 0.369 e. The first kappa shape index (κ1) is 19.4. The number of ether oxygens (including phenoxy) is 1. The fourth-order valence-corrected chi connectivity index (χ4v) is 4.00. The van der Waals surface area contributed by atoms with Gasteiger partial charge in [0, 0.05) is 19.5 Å². The zero-order chi connectivity index (χ0) is 18.3. The molecule has 1 amide bonds. The number of amides is 1. The number of rotatable bonds is 7. The minimum Gasteiger partial charge on any atom is -0.369 e. The standard InChI is InChI=1S/C18H22FNO4S/c1-2-12-24-14-15-7-10-20(11-8-15)18(21)9-13-25(22,23)17-5-3-16(19)4-6-17/h1,3-6,15H,7-14H2. The monoisotopic (exact) mass is 367 g/mol. The highest BCUT2D eigenvalue weighted by Gasteiger charge is 2.24. The quantitative estimate of drug-likeness (QED) is 0.419. The molecule has 0 bridgehead atoms. The van der Waals surface area contributed by atoms with E-state index >= 15 is 0 Å². The smallest absolute Gasteiger partial charge is 0.223 e. The molecule has 0 spiro atoms. The molecule has 1 aliphatic rings. The summed E-state index contributed by atoms with van der Waals surface area (Å²) in [7, 11) is -3.59. The van der Waals surface area contributed by atoms with Crippen LogP contribution in [-0.4, -0.2) is 51.3 Å². The molecular weight excluding hydrogens is 345 g/mol. The number of hydrogen-bond acceptors (Lipinski definition) is 4. The maximum atomic E-state index is 12.9. The Bertz CT molecular complexity index is 716. The van der Waals surface area contributed by atoms with Crippen LogP contribution in [0.15, 0.2) is 29.2 Å². The highest BCUT2D eigenvalue weighted by molar-refractivity contribution is 7.91. The molecule has 0 atom stereocenters. The van der Waals surface area contributed by atoms with Crippen molar-refractivity contribution in [2.24, 2.45) is 5.92 Å². The Morgan fingerprint density at radius 2 is 1.92 bits per heavy atom. The first-order valence-corrected chi connectivity index (χ1v) is 9.85. The molecule has 1 aromatic rings. The molecule has 25 heavy (non-hydrogen) atoms. The molecule has 0 unspecified atom stereocenters. The normalized spacial score (nSPS) is 15.8. The van der Waals surface area contributed by atoms with Crippen molar-refractivity contribution in [3.8, 4) is 12.3 Å². The summed E-state index contributed by atoms with van der Waals surface area (Å²) in [5.41, 5.74) is 0. The van der Waals surface area contributed by atoms with Crippen LogP contribution in [0.1, 0.15) is 19.3 Å². The SMILES string of the molecule is C#CCOCC1CCN(C(=O)CCS(=O)(=O)c2ccc(F)cc2)CC1. The molecule has 2 rings (SSSR count). The van der Waals surface area contributed by atoms with Gasteiger partial charge in [-0.15, -0.1) is 6.42 Å². The van der Waals surface area contributed by atoms with Gasteiger partial charge in [0.2, 0.25) is 5.91 Å². The van der Waals surface area contributed by atoms with Gasteiger partial charge in [0.15, 0.2) is 9.84 Å². The Kier molecular flexibility index (Phi) is 6.97. The van der Waals surface area contributed by atoms with Crippen LogP contribution in [0.2, 0.25) is 0 Å². The molecule has 1 heterocycles. The van der Waals surface area contributed by atoms with E-state index in [0.29, 0.717) is 32.2 Å². The van der Waals surface area contributed by atoms with E-state index in [1.807, 2.05) is 0 Å². The van der Waals surface area contributed by atoms with Crippen LogP contribution in [0.4, 0.5) is 4.39 Å². The van der Waals surface area contributed by atoms with Crippen LogP contribution in [0.3, 0.4) is 0 Å². The highest BCUT2D eigenvalue weighted by Crippen LogP contribution is 2.19. The Morgan fingerprint density at radius 1 is 1.28 bits per heavy atom. The Balaban J connectivity index is 1.79. The highest BCUT2D eigenvalue weighted by atomic mass is 32.2. The number of likely N-dealkylation sites (tertiary alicyclic amines) is 1. The maximum Gasteiger partial charge on any atom is 0.223 e. The number of hydrogen-bond donors (Lipinski definition) is 0. The van der Waals surface area contributed by atoms with Crippen LogP contribution in [0, 0.1) is 24.1 Å². The van der Waals surface area contributed by atoms with Crippen molar-refractivity contribution >= 4 is 15.7 Å². The van der Waals surface area contributed by atoms with E-state index in [1.165, 1.54) is 12.1 Å². The number of piperidine rings is 1. The summed E-state index contributed by atoms with van der Waals surface area (Å²) in [4.78, 5) is 14.0. The van der Waals surface area contributed by atoms with E-state index < -0.39 is 15.7 Å². The van der Waals surface area contributed by atoms with E-state index in [1.54, 1.807) is 4.90 Å². The van der Waals surface area contributed by atoms with Crippen molar-refractivity contribution in [2.45, 2.75) is 24.2 Å². The minimum atomic E-state index is -3.59. The van der Waals surface area contributed by atoms with Gasteiger partial charge in [0.25, 0.3) is 0 Å². The van der Waals surface area contributed by atoms with Crippen molar-refractivity contribution in [3.63, 3.8) is 0 Å². The molecule has 0 N–H and O–H groups in total. The van der Waals surface area contributed by atoms with Crippen molar-refractivity contribution in [3.05, 3.63) is 30.1 Å². The van der Waals surface area contributed by atoms with Crippen molar-refractivity contribution in [1.82, 2.24) is 4.90 Å². The summed E-state index contributed by atoms with van der Waals surface area (Å²) in [6, 6.07) is 4.64. The Hall–Kier alpha value is -1.91. The molecular formula is C18H22FNO4S. The van der Waals surface area contributed by atoms with Gasteiger partial charge in [-0.05, 0) is 43.0 Å². The molecule has 0 aliphatic carbocycles. The molecule has 0 radical (unpaired) electrons. The molecule has 0 saturated carbocycles. The zero-order valence-electron chi connectivity index (χ0n) is 14.0. The van der Waals surface area contributed by atoms with Gasteiger partial charge in [0.1, 0.15) is 12.4 Å². The maximum absolute atomic E-state index is 12.9. The fraction of sp³-hybridized carbons (Fsp3) is 0.500. The molecule has 5 nitrogen and oxygen atoms in total. The number of nitrogens with zero attached hydrogens (tertiary/aromatic N) is 1. The van der Waals surface area contributed by atoms with E-state index in [2.05, 4.69) is 5.92 Å². The molecule has 1 aliphatic heterocycles. The summed E-state index contributed by atoms with van der Waals surface area (Å²) in [6.07, 6.45) is 6.70. The number of carbonyl (C=O) groups excluding carboxylic acids is 1. The van der Waals surface area contributed by atoms with E-state index in [0.717, 1.165) is 25.0 Å². The number of halogens is 1. The van der Waals surface area contributed by atoms with Gasteiger partial charge >= 0.3 is 0 Å². The lowest BCUT2D eigenvalue weighted by Crippen LogP contribution is -2.40. The molecule has 7 heteroatoms. The third-order valence-electron chi connectivity index (χ3n) is 4.26. The molecule has 1 fully saturated rings. The summed E-state index contributed by atoms with van der Waals surface area (Å²) in [5, 5.41) is 0. The minimum absolute atomic E-state index is 0.0334. The van der Waals surface area contributed by atoms with Crippen LogP contribution < -0.4 is 0 Å². The van der Waals surface area contributed by atoms with E-state index in [-0.39, 0.29) is 23.0 Å². The van der Waals surface area contributed by atoms with Crippen molar-refractivity contribution in [1.29, 1.82) is 0 Å². The van der Waals surface area contributed by atoms with Gasteiger partial charge < -0.3 is 9.64 Å². The van der Waals surface area contributed by atoms with Crippen molar-refractivity contribution in [2.75, 3.05) is 32.1 Å². The van der Waals surface area contributed by atoms with Gasteiger partial charge in [-0.1, -0.05) is 5.92 Å². The Morgan fingerprint density at radius 3 is 2.52 bits per heavy atom. The van der Waals surface area contributed by atoms with Crippen LogP contribution >= 0.6 is 0 Å². The lowest BCUT2D eigenvalue weighted by atomic mass is 9.97. The molecule has 136 valence electrons. The second-order valence-corrected chi connectivity index (χ2v) is 8.18. The number of carbonyl (C=O) groups is 1. The average molecular weight is 367 g/mol. The van der Waals surface area contributed by atoms with Crippen molar-refractivity contribution < 1.29 is 22.3 Å². The van der Waals surface area contributed by atoms with Gasteiger partial charge in [0.05, 0.1) is 17.3 Å². The topological polar surface area (TPSA) is 63.7 Å². The first-order chi connectivity index (χ1) is 11.9. The number of benzene rings is 1. The third kappa shape index (κ3) is 5.83. The van der Waals surface area contributed by atoms with E-state index in [9.17, 15) is 17.6 Å². The molecule has 1 aromatic carbocycles. The zero-order valence-corrected chi connectivity index (χ0v) is 14.8. The first-order valence-electron chi connectivity index (χ1n) is 8.19. The molecule has 0 aromatic heterocycles. The second-order valence-electron chi connectivity index (χ2n) is 6.07. The van der Waals surface area contributed by atoms with E-state index in [4.69, 9.17) is 11.2 Å². The number of terminal acetylenes is 1.